The molecule has 0 aliphatic carbocycles. The molecule has 0 spiro atoms. The molecule has 2 heterocycles. The van der Waals surface area contributed by atoms with E-state index in [1.54, 1.807) is 6.08 Å². The highest BCUT2D eigenvalue weighted by Crippen LogP contribution is 2.35. The zero-order valence-corrected chi connectivity index (χ0v) is 14.1. The molecule has 1 aliphatic rings. The number of carboxylic acids is 1. The highest BCUT2D eigenvalue weighted by atomic mass is 32.2. The van der Waals surface area contributed by atoms with Crippen molar-refractivity contribution in [3.63, 3.8) is 0 Å². The summed E-state index contributed by atoms with van der Waals surface area (Å²) in [5.74, 6) is -1.43. The largest absolute Gasteiger partial charge is 0.480 e. The monoisotopic (exact) mass is 346 g/mol. The number of thioether (sulfide) groups is 1. The predicted molar refractivity (Wildman–Crippen MR) is 95.0 cm³/mol. The summed E-state index contributed by atoms with van der Waals surface area (Å²) in [6.45, 7) is 1.45. The molecule has 0 radical (unpaired) electrons. The second-order valence-corrected chi connectivity index (χ2v) is 6.95. The Morgan fingerprint density at radius 3 is 2.78 bits per heavy atom. The first-order valence-electron chi connectivity index (χ1n) is 6.94. The number of benzene rings is 1. The second kappa shape index (κ2) is 5.82. The number of rotatable bonds is 3. The minimum absolute atomic E-state index is 0.274. The molecule has 1 aliphatic heterocycles. The van der Waals surface area contributed by atoms with Crippen molar-refractivity contribution in [1.82, 2.24) is 9.47 Å². The predicted octanol–water partition coefficient (Wildman–Crippen LogP) is 2.85. The Bertz CT molecular complexity index is 869. The molecule has 1 unspecified atom stereocenters. The highest BCUT2D eigenvalue weighted by Gasteiger charge is 2.38. The van der Waals surface area contributed by atoms with Crippen LogP contribution in [0, 0.1) is 0 Å². The minimum Gasteiger partial charge on any atom is -0.480 e. The van der Waals surface area contributed by atoms with Gasteiger partial charge in [-0.2, -0.15) is 0 Å². The van der Waals surface area contributed by atoms with Crippen LogP contribution < -0.4 is 0 Å². The van der Waals surface area contributed by atoms with Crippen LogP contribution in [-0.4, -0.2) is 36.8 Å². The van der Waals surface area contributed by atoms with E-state index in [0.29, 0.717) is 4.91 Å². The zero-order valence-electron chi connectivity index (χ0n) is 12.5. The van der Waals surface area contributed by atoms with E-state index >= 15 is 0 Å². The van der Waals surface area contributed by atoms with Crippen LogP contribution in [0.2, 0.25) is 0 Å². The molecular formula is C16H14N2O3S2. The number of amides is 1. The first-order valence-corrected chi connectivity index (χ1v) is 8.16. The number of carbonyl (C=O) groups excluding carboxylic acids is 1. The van der Waals surface area contributed by atoms with Gasteiger partial charge in [0.2, 0.25) is 0 Å². The third-order valence-corrected chi connectivity index (χ3v) is 5.11. The number of carbonyl (C=O) groups is 2. The van der Waals surface area contributed by atoms with Gasteiger partial charge in [-0.3, -0.25) is 9.69 Å². The fourth-order valence-electron chi connectivity index (χ4n) is 2.55. The Balaban J connectivity index is 2.02. The number of para-hydroxylation sites is 1. The normalized spacial score (nSPS) is 18.2. The Morgan fingerprint density at radius 1 is 1.39 bits per heavy atom. The van der Waals surface area contributed by atoms with E-state index in [1.807, 2.05) is 42.1 Å². The lowest BCUT2D eigenvalue weighted by molar-refractivity contribution is -0.144. The van der Waals surface area contributed by atoms with Crippen LogP contribution in [0.3, 0.4) is 0 Å². The molecule has 5 nitrogen and oxygen atoms in total. The summed E-state index contributed by atoms with van der Waals surface area (Å²) in [5, 5.41) is 10.1. The molecule has 0 bridgehead atoms. The number of aryl methyl sites for hydroxylation is 1. The van der Waals surface area contributed by atoms with E-state index in [0.717, 1.165) is 33.1 Å². The Morgan fingerprint density at radius 2 is 2.09 bits per heavy atom. The van der Waals surface area contributed by atoms with Crippen molar-refractivity contribution in [2.24, 2.45) is 7.05 Å². The van der Waals surface area contributed by atoms with Crippen LogP contribution in [0.1, 0.15) is 12.5 Å². The number of hydrogen-bond donors (Lipinski definition) is 1. The van der Waals surface area contributed by atoms with Gasteiger partial charge >= 0.3 is 5.97 Å². The maximum atomic E-state index is 12.5. The molecular weight excluding hydrogens is 332 g/mol. The van der Waals surface area contributed by atoms with Gasteiger partial charge in [-0.25, -0.2) is 4.79 Å². The molecule has 1 N–H and O–H groups in total. The summed E-state index contributed by atoms with van der Waals surface area (Å²) in [6, 6.07) is 6.92. The first kappa shape index (κ1) is 15.8. The quantitative estimate of drug-likeness (QED) is 0.684. The van der Waals surface area contributed by atoms with Crippen LogP contribution in [0.4, 0.5) is 0 Å². The van der Waals surface area contributed by atoms with Crippen molar-refractivity contribution in [2.45, 2.75) is 13.0 Å². The molecule has 1 aromatic carbocycles. The van der Waals surface area contributed by atoms with Crippen molar-refractivity contribution in [3.05, 3.63) is 40.9 Å². The summed E-state index contributed by atoms with van der Waals surface area (Å²) in [5.41, 5.74) is 1.97. The fourth-order valence-corrected chi connectivity index (χ4v) is 3.96. The molecule has 1 atom stereocenters. The van der Waals surface area contributed by atoms with Crippen LogP contribution >= 0.6 is 24.0 Å². The number of aromatic nitrogens is 1. The summed E-state index contributed by atoms with van der Waals surface area (Å²) in [4.78, 5) is 25.2. The summed E-state index contributed by atoms with van der Waals surface area (Å²) >= 11 is 6.30. The first-order chi connectivity index (χ1) is 10.9. The van der Waals surface area contributed by atoms with Gasteiger partial charge in [0.25, 0.3) is 5.91 Å². The molecule has 1 fully saturated rings. The van der Waals surface area contributed by atoms with Crippen LogP contribution in [0.25, 0.3) is 17.0 Å². The Labute approximate surface area is 142 Å². The molecule has 0 saturated carbocycles. The maximum Gasteiger partial charge on any atom is 0.326 e. The van der Waals surface area contributed by atoms with E-state index in [9.17, 15) is 9.59 Å². The van der Waals surface area contributed by atoms with Gasteiger partial charge in [0.15, 0.2) is 0 Å². The average molecular weight is 346 g/mol. The zero-order chi connectivity index (χ0) is 16.7. The van der Waals surface area contributed by atoms with Crippen LogP contribution in [-0.2, 0) is 16.6 Å². The van der Waals surface area contributed by atoms with Gasteiger partial charge in [-0.15, -0.1) is 0 Å². The third-order valence-electron chi connectivity index (χ3n) is 3.78. The number of fused-ring (bicyclic) bond motifs is 1. The third kappa shape index (κ3) is 2.66. The van der Waals surface area contributed by atoms with E-state index < -0.39 is 12.0 Å². The topological polar surface area (TPSA) is 62.5 Å². The number of hydrogen-bond acceptors (Lipinski definition) is 4. The highest BCUT2D eigenvalue weighted by molar-refractivity contribution is 8.26. The van der Waals surface area contributed by atoms with E-state index in [4.69, 9.17) is 17.3 Å². The SMILES string of the molecule is CC(C(=O)O)N1C(=O)C(=Cc2cn(C)c3ccccc23)SC1=S. The minimum atomic E-state index is -1.08. The lowest BCUT2D eigenvalue weighted by Gasteiger charge is -2.18. The molecule has 7 heteroatoms. The summed E-state index contributed by atoms with van der Waals surface area (Å²) in [7, 11) is 1.94. The lowest BCUT2D eigenvalue weighted by Crippen LogP contribution is -2.41. The number of carboxylic acid groups (broad SMARTS) is 1. The lowest BCUT2D eigenvalue weighted by atomic mass is 10.1. The Hall–Kier alpha value is -2.12. The van der Waals surface area contributed by atoms with Gasteiger partial charge in [0.1, 0.15) is 10.4 Å². The van der Waals surface area contributed by atoms with Crippen LogP contribution in [0.5, 0.6) is 0 Å². The molecule has 1 aromatic heterocycles. The fraction of sp³-hybridized carbons (Fsp3) is 0.188. The van der Waals surface area contributed by atoms with E-state index in [2.05, 4.69) is 0 Å². The average Bonchev–Trinajstić information content (AvgIpc) is 2.97. The van der Waals surface area contributed by atoms with Crippen LogP contribution in [0.15, 0.2) is 35.4 Å². The van der Waals surface area contributed by atoms with Crippen molar-refractivity contribution in [1.29, 1.82) is 0 Å². The smallest absolute Gasteiger partial charge is 0.326 e. The maximum absolute atomic E-state index is 12.5. The van der Waals surface area contributed by atoms with Gasteiger partial charge in [-0.1, -0.05) is 42.2 Å². The van der Waals surface area contributed by atoms with E-state index in [-0.39, 0.29) is 10.2 Å². The van der Waals surface area contributed by atoms with Gasteiger partial charge < -0.3 is 9.67 Å². The number of nitrogens with zero attached hydrogens (tertiary/aromatic N) is 2. The van der Waals surface area contributed by atoms with Crippen molar-refractivity contribution in [2.75, 3.05) is 0 Å². The summed E-state index contributed by atoms with van der Waals surface area (Å²) < 4.78 is 2.26. The van der Waals surface area contributed by atoms with Crippen molar-refractivity contribution >= 4 is 57.2 Å². The van der Waals surface area contributed by atoms with E-state index in [1.165, 1.54) is 6.92 Å². The van der Waals surface area contributed by atoms with Crippen molar-refractivity contribution < 1.29 is 14.7 Å². The standard InChI is InChI=1S/C16H14N2O3S2/c1-9(15(20)21)18-14(19)13(23-16(18)22)7-10-8-17(2)12-6-4-3-5-11(10)12/h3-9H,1-2H3,(H,20,21). The Kier molecular flexibility index (Phi) is 3.99. The van der Waals surface area contributed by atoms with Gasteiger partial charge in [0, 0.05) is 29.7 Å². The molecule has 23 heavy (non-hydrogen) atoms. The molecule has 118 valence electrons. The number of aliphatic carboxylic acids is 1. The molecule has 1 saturated heterocycles. The molecule has 3 rings (SSSR count). The van der Waals surface area contributed by atoms with Crippen molar-refractivity contribution in [3.8, 4) is 0 Å². The summed E-state index contributed by atoms with van der Waals surface area (Å²) in [6.07, 6.45) is 3.72. The number of thiocarbonyl (C=S) groups is 1. The van der Waals surface area contributed by atoms with Gasteiger partial charge in [-0.05, 0) is 19.1 Å². The molecule has 1 amide bonds. The second-order valence-electron chi connectivity index (χ2n) is 5.28. The van der Waals surface area contributed by atoms with Gasteiger partial charge in [0.05, 0.1) is 4.91 Å². The molecule has 2 aromatic rings.